The lowest BCUT2D eigenvalue weighted by atomic mass is 10.1. The maximum absolute atomic E-state index is 11.8. The molecule has 0 fully saturated rings. The monoisotopic (exact) mass is 267 g/mol. The molecule has 0 aliphatic rings. The molecule has 18 heavy (non-hydrogen) atoms. The highest BCUT2D eigenvalue weighted by molar-refractivity contribution is 7.20. The van der Waals surface area contributed by atoms with Crippen LogP contribution in [0.2, 0.25) is 0 Å². The Balaban J connectivity index is 2.38. The van der Waals surface area contributed by atoms with Crippen LogP contribution in [-0.2, 0) is 7.05 Å². The topological polar surface area (TPSA) is 67.2 Å². The van der Waals surface area contributed by atoms with E-state index in [1.807, 2.05) is 17.8 Å². The van der Waals surface area contributed by atoms with Gasteiger partial charge in [-0.15, -0.1) is 11.3 Å². The number of hydrogen-bond donors (Lipinski definition) is 2. The number of carbonyl (C=O) groups is 1. The van der Waals surface area contributed by atoms with E-state index in [9.17, 15) is 4.79 Å². The molecule has 1 amide bonds. The predicted octanol–water partition coefficient (Wildman–Crippen LogP) is 1.48. The van der Waals surface area contributed by atoms with Crippen LogP contribution in [0.4, 0.5) is 0 Å². The molecule has 0 aliphatic carbocycles. The van der Waals surface area contributed by atoms with Crippen molar-refractivity contribution in [3.05, 3.63) is 16.6 Å². The van der Waals surface area contributed by atoms with Gasteiger partial charge in [0.15, 0.2) is 0 Å². The molecule has 2 heterocycles. The van der Waals surface area contributed by atoms with Gasteiger partial charge in [0.1, 0.15) is 4.83 Å². The van der Waals surface area contributed by atoms with Gasteiger partial charge >= 0.3 is 0 Å². The molecule has 0 spiro atoms. The molecule has 0 unspecified atom stereocenters. The average Bonchev–Trinajstić information content (AvgIpc) is 2.87. The van der Waals surface area contributed by atoms with Gasteiger partial charge in [-0.3, -0.25) is 9.48 Å². The van der Waals surface area contributed by atoms with Crippen molar-refractivity contribution in [2.45, 2.75) is 19.8 Å². The molecular formula is C12H17N3O2S. The minimum absolute atomic E-state index is 0.0462. The van der Waals surface area contributed by atoms with Gasteiger partial charge in [-0.05, 0) is 12.0 Å². The van der Waals surface area contributed by atoms with Crippen LogP contribution in [0.25, 0.3) is 10.2 Å². The van der Waals surface area contributed by atoms with Crippen LogP contribution in [0.5, 0.6) is 0 Å². The van der Waals surface area contributed by atoms with Crippen molar-refractivity contribution in [3.63, 3.8) is 0 Å². The van der Waals surface area contributed by atoms with Crippen LogP contribution in [0, 0.1) is 0 Å². The third-order valence-corrected chi connectivity index (χ3v) is 3.91. The Labute approximate surface area is 109 Å². The van der Waals surface area contributed by atoms with Gasteiger partial charge < -0.3 is 10.4 Å². The number of hydrogen-bond acceptors (Lipinski definition) is 4. The molecular weight excluding hydrogens is 250 g/mol. The molecule has 0 aliphatic heterocycles. The minimum atomic E-state index is -0.139. The van der Waals surface area contributed by atoms with E-state index in [4.69, 9.17) is 5.11 Å². The summed E-state index contributed by atoms with van der Waals surface area (Å²) < 4.78 is 1.82. The summed E-state index contributed by atoms with van der Waals surface area (Å²) in [5.74, 6) is 0.191. The Morgan fingerprint density at radius 2 is 2.33 bits per heavy atom. The van der Waals surface area contributed by atoms with Crippen LogP contribution in [-0.4, -0.2) is 33.9 Å². The first-order valence-corrected chi connectivity index (χ1v) is 6.71. The second-order valence-electron chi connectivity index (χ2n) is 4.47. The molecule has 2 rings (SSSR count). The van der Waals surface area contributed by atoms with Crippen molar-refractivity contribution in [1.82, 2.24) is 15.1 Å². The summed E-state index contributed by atoms with van der Waals surface area (Å²) >= 11 is 1.43. The van der Waals surface area contributed by atoms with Crippen LogP contribution in [0.15, 0.2) is 6.07 Å². The summed E-state index contributed by atoms with van der Waals surface area (Å²) in [6.07, 6.45) is 0. The number of fused-ring (bicyclic) bond motifs is 1. The number of thiophene rings is 1. The largest absolute Gasteiger partial charge is 0.395 e. The number of carbonyl (C=O) groups excluding carboxylic acids is 1. The van der Waals surface area contributed by atoms with Crippen LogP contribution < -0.4 is 5.32 Å². The van der Waals surface area contributed by atoms with E-state index in [2.05, 4.69) is 24.3 Å². The first-order valence-electron chi connectivity index (χ1n) is 5.90. The molecule has 0 aromatic carbocycles. The minimum Gasteiger partial charge on any atom is -0.395 e. The Morgan fingerprint density at radius 3 is 2.94 bits per heavy atom. The zero-order valence-electron chi connectivity index (χ0n) is 10.7. The quantitative estimate of drug-likeness (QED) is 0.881. The molecule has 5 nitrogen and oxygen atoms in total. The van der Waals surface area contributed by atoms with Crippen molar-refractivity contribution in [1.29, 1.82) is 0 Å². The fourth-order valence-corrected chi connectivity index (χ4v) is 2.86. The van der Waals surface area contributed by atoms with Crippen molar-refractivity contribution in [2.75, 3.05) is 13.2 Å². The third kappa shape index (κ3) is 2.26. The molecule has 6 heteroatoms. The number of rotatable bonds is 4. The lowest BCUT2D eigenvalue weighted by Gasteiger charge is -2.00. The van der Waals surface area contributed by atoms with Crippen LogP contribution in [0.1, 0.15) is 35.1 Å². The summed E-state index contributed by atoms with van der Waals surface area (Å²) in [6, 6.07) is 1.88. The van der Waals surface area contributed by atoms with E-state index in [-0.39, 0.29) is 19.1 Å². The summed E-state index contributed by atoms with van der Waals surface area (Å²) in [4.78, 5) is 13.5. The summed E-state index contributed by atoms with van der Waals surface area (Å²) in [7, 11) is 1.89. The number of aryl methyl sites for hydroxylation is 1. The molecule has 2 aromatic heterocycles. The van der Waals surface area contributed by atoms with Crippen molar-refractivity contribution in [3.8, 4) is 0 Å². The van der Waals surface area contributed by atoms with Crippen molar-refractivity contribution >= 4 is 27.5 Å². The molecule has 0 bridgehead atoms. The first kappa shape index (κ1) is 13.0. The van der Waals surface area contributed by atoms with Gasteiger partial charge in [0.25, 0.3) is 5.91 Å². The van der Waals surface area contributed by atoms with Gasteiger partial charge in [0.2, 0.25) is 0 Å². The Hall–Kier alpha value is -1.40. The van der Waals surface area contributed by atoms with E-state index in [1.165, 1.54) is 11.3 Å². The van der Waals surface area contributed by atoms with Gasteiger partial charge in [0.05, 0.1) is 17.2 Å². The Morgan fingerprint density at radius 1 is 1.61 bits per heavy atom. The fourth-order valence-electron chi connectivity index (χ4n) is 1.86. The van der Waals surface area contributed by atoms with Gasteiger partial charge in [-0.2, -0.15) is 5.10 Å². The molecule has 0 saturated heterocycles. The van der Waals surface area contributed by atoms with E-state index in [0.717, 1.165) is 15.9 Å². The standard InChI is InChI=1S/C12H17N3O2S/c1-7(2)10-8-6-9(11(17)13-4-5-16)18-12(8)15(3)14-10/h6-7,16H,4-5H2,1-3H3,(H,13,17). The SMILES string of the molecule is CC(C)c1nn(C)c2sc(C(=O)NCCO)cc12. The summed E-state index contributed by atoms with van der Waals surface area (Å²) in [6.45, 7) is 4.41. The van der Waals surface area contributed by atoms with Gasteiger partial charge in [-0.25, -0.2) is 0 Å². The number of aliphatic hydroxyl groups excluding tert-OH is 1. The predicted molar refractivity (Wildman–Crippen MR) is 72.1 cm³/mol. The molecule has 2 N–H and O–H groups in total. The number of nitrogens with zero attached hydrogens (tertiary/aromatic N) is 2. The van der Waals surface area contributed by atoms with Crippen molar-refractivity contribution < 1.29 is 9.90 Å². The Kier molecular flexibility index (Phi) is 3.68. The maximum atomic E-state index is 11.8. The molecule has 0 atom stereocenters. The highest BCUT2D eigenvalue weighted by Gasteiger charge is 2.17. The molecule has 0 radical (unpaired) electrons. The van der Waals surface area contributed by atoms with Gasteiger partial charge in [-0.1, -0.05) is 13.8 Å². The second-order valence-corrected chi connectivity index (χ2v) is 5.50. The van der Waals surface area contributed by atoms with Gasteiger partial charge in [0, 0.05) is 19.0 Å². The Bertz CT molecular complexity index is 571. The lowest BCUT2D eigenvalue weighted by Crippen LogP contribution is -2.25. The zero-order valence-corrected chi connectivity index (χ0v) is 11.5. The smallest absolute Gasteiger partial charge is 0.261 e. The number of aliphatic hydroxyl groups is 1. The molecule has 0 saturated carbocycles. The molecule has 2 aromatic rings. The average molecular weight is 267 g/mol. The normalized spacial score (nSPS) is 11.4. The maximum Gasteiger partial charge on any atom is 0.261 e. The van der Waals surface area contributed by atoms with E-state index >= 15 is 0 Å². The summed E-state index contributed by atoms with van der Waals surface area (Å²) in [5.41, 5.74) is 1.02. The lowest BCUT2D eigenvalue weighted by molar-refractivity contribution is 0.0949. The third-order valence-electron chi connectivity index (χ3n) is 2.71. The fraction of sp³-hybridized carbons (Fsp3) is 0.500. The number of nitrogens with one attached hydrogen (secondary N) is 1. The highest BCUT2D eigenvalue weighted by Crippen LogP contribution is 2.31. The van der Waals surface area contributed by atoms with Crippen molar-refractivity contribution in [2.24, 2.45) is 7.05 Å². The summed E-state index contributed by atoms with van der Waals surface area (Å²) in [5, 5.41) is 16.9. The number of aromatic nitrogens is 2. The van der Waals surface area contributed by atoms with Crippen LogP contribution in [0.3, 0.4) is 0 Å². The first-order chi connectivity index (χ1) is 8.54. The zero-order chi connectivity index (χ0) is 13.3. The highest BCUT2D eigenvalue weighted by atomic mass is 32.1. The van der Waals surface area contributed by atoms with E-state index < -0.39 is 0 Å². The van der Waals surface area contributed by atoms with E-state index in [1.54, 1.807) is 0 Å². The number of amides is 1. The van der Waals surface area contributed by atoms with Crippen LogP contribution >= 0.6 is 11.3 Å². The van der Waals surface area contributed by atoms with E-state index in [0.29, 0.717) is 10.8 Å². The second kappa shape index (κ2) is 5.07. The molecule has 98 valence electrons.